The third-order valence-electron chi connectivity index (χ3n) is 3.26. The molecule has 0 bridgehead atoms. The van der Waals surface area contributed by atoms with Crippen LogP contribution in [0.3, 0.4) is 0 Å². The number of aromatic nitrogens is 2. The van der Waals surface area contributed by atoms with Crippen LogP contribution in [0.15, 0.2) is 29.2 Å². The largest absolute Gasteiger partial charge is 0.443 e. The van der Waals surface area contributed by atoms with Crippen LogP contribution in [-0.4, -0.2) is 27.7 Å². The van der Waals surface area contributed by atoms with Crippen molar-refractivity contribution < 1.29 is 14.0 Å². The monoisotopic (exact) mass is 374 g/mol. The van der Waals surface area contributed by atoms with Crippen LogP contribution in [0.5, 0.6) is 0 Å². The first-order valence-corrected chi connectivity index (χ1v) is 8.98. The Bertz CT molecular complexity index is 848. The van der Waals surface area contributed by atoms with E-state index < -0.39 is 5.91 Å². The zero-order chi connectivity index (χ0) is 19.4. The van der Waals surface area contributed by atoms with E-state index in [-0.39, 0.29) is 29.3 Å². The molecular formula is C18H22N4O3S. The Balaban J connectivity index is 2.04. The molecule has 0 saturated heterocycles. The average Bonchev–Trinajstić information content (AvgIpc) is 3.23. The molecule has 2 heterocycles. The third kappa shape index (κ3) is 4.66. The molecule has 0 saturated carbocycles. The number of hydrogen-bond acceptors (Lipinski definition) is 7. The molecule has 8 heteroatoms. The molecule has 2 aromatic heterocycles. The molecule has 7 nitrogen and oxygen atoms in total. The summed E-state index contributed by atoms with van der Waals surface area (Å²) < 4.78 is 5.28. The van der Waals surface area contributed by atoms with E-state index in [0.717, 1.165) is 0 Å². The first-order chi connectivity index (χ1) is 12.2. The van der Waals surface area contributed by atoms with E-state index >= 15 is 0 Å². The van der Waals surface area contributed by atoms with Gasteiger partial charge in [-0.25, -0.2) is 9.97 Å². The summed E-state index contributed by atoms with van der Waals surface area (Å²) in [6, 6.07) is 0.166. The van der Waals surface area contributed by atoms with Crippen LogP contribution in [0.1, 0.15) is 59.6 Å². The smallest absolute Gasteiger partial charge is 0.277 e. The first kappa shape index (κ1) is 19.6. The Hall–Kier alpha value is -2.74. The lowest BCUT2D eigenvalue weighted by atomic mass is 10.1. The Kier molecular flexibility index (Phi) is 6.10. The van der Waals surface area contributed by atoms with Crippen molar-refractivity contribution in [3.63, 3.8) is 0 Å². The van der Waals surface area contributed by atoms with Crippen LogP contribution in [0.4, 0.5) is 0 Å². The molecule has 0 radical (unpaired) electrons. The van der Waals surface area contributed by atoms with E-state index in [1.165, 1.54) is 17.6 Å². The maximum atomic E-state index is 12.3. The lowest BCUT2D eigenvalue weighted by Gasteiger charge is -2.08. The molecule has 1 amide bonds. The van der Waals surface area contributed by atoms with Crippen molar-refractivity contribution >= 4 is 34.4 Å². The molecule has 26 heavy (non-hydrogen) atoms. The normalized spacial score (nSPS) is 10.8. The van der Waals surface area contributed by atoms with E-state index in [1.54, 1.807) is 5.38 Å². The van der Waals surface area contributed by atoms with Gasteiger partial charge in [0, 0.05) is 17.3 Å². The van der Waals surface area contributed by atoms with Gasteiger partial charge in [-0.15, -0.1) is 11.3 Å². The Morgan fingerprint density at radius 2 is 1.81 bits per heavy atom. The molecule has 0 fully saturated rings. The molecule has 2 rings (SSSR count). The summed E-state index contributed by atoms with van der Waals surface area (Å²) in [6.45, 7) is 15.2. The lowest BCUT2D eigenvalue weighted by Crippen LogP contribution is -2.22. The highest BCUT2D eigenvalue weighted by molar-refractivity contribution is 7.11. The minimum absolute atomic E-state index is 0.0519. The van der Waals surface area contributed by atoms with Crippen molar-refractivity contribution in [2.75, 3.05) is 0 Å². The van der Waals surface area contributed by atoms with E-state index in [9.17, 15) is 9.59 Å². The highest BCUT2D eigenvalue weighted by Gasteiger charge is 2.19. The number of ketones is 1. The van der Waals surface area contributed by atoms with Crippen molar-refractivity contribution in [2.24, 2.45) is 5.92 Å². The van der Waals surface area contributed by atoms with Crippen LogP contribution in [0.2, 0.25) is 0 Å². The Morgan fingerprint density at radius 3 is 2.42 bits per heavy atom. The highest BCUT2D eigenvalue weighted by Crippen LogP contribution is 2.19. The molecule has 0 aliphatic rings. The molecule has 0 aliphatic heterocycles. The number of hydrogen-bond donors (Lipinski definition) is 2. The number of rotatable bonds is 8. The fourth-order valence-electron chi connectivity index (χ4n) is 2.00. The van der Waals surface area contributed by atoms with Gasteiger partial charge in [0.15, 0.2) is 11.5 Å². The number of oxazole rings is 1. The number of nitrogens with one attached hydrogen (secondary N) is 2. The van der Waals surface area contributed by atoms with Crippen LogP contribution in [0, 0.1) is 5.92 Å². The molecule has 0 spiro atoms. The quantitative estimate of drug-likeness (QED) is 0.688. The van der Waals surface area contributed by atoms with E-state index in [0.29, 0.717) is 22.1 Å². The van der Waals surface area contributed by atoms with Crippen LogP contribution < -0.4 is 10.6 Å². The summed E-state index contributed by atoms with van der Waals surface area (Å²) in [7, 11) is 0. The van der Waals surface area contributed by atoms with Crippen molar-refractivity contribution in [3.8, 4) is 0 Å². The zero-order valence-electron chi connectivity index (χ0n) is 15.3. The van der Waals surface area contributed by atoms with Crippen molar-refractivity contribution in [1.29, 1.82) is 0 Å². The number of nitrogens with zero attached hydrogens (tertiary/aromatic N) is 2. The molecule has 0 atom stereocenters. The second-order valence-corrected chi connectivity index (χ2v) is 7.16. The molecule has 138 valence electrons. The van der Waals surface area contributed by atoms with E-state index in [2.05, 4.69) is 33.8 Å². The predicted octanol–water partition coefficient (Wildman–Crippen LogP) is 3.34. The first-order valence-electron chi connectivity index (χ1n) is 8.10. The topological polar surface area (TPSA) is 97.1 Å². The molecule has 2 N–H and O–H groups in total. The van der Waals surface area contributed by atoms with Crippen LogP contribution in [-0.2, 0) is 0 Å². The lowest BCUT2D eigenvalue weighted by molar-refractivity contribution is 0.0934. The summed E-state index contributed by atoms with van der Waals surface area (Å²) in [5, 5.41) is 7.80. The number of carbonyl (C=O) groups excluding carboxylic acids is 2. The molecule has 0 aromatic carbocycles. The third-order valence-corrected chi connectivity index (χ3v) is 4.16. The summed E-state index contributed by atoms with van der Waals surface area (Å²) in [6.07, 6.45) is 1.25. The number of Topliss-reactive ketones (excluding diaryl/α,β-unsaturated/α-hetero) is 1. The van der Waals surface area contributed by atoms with Gasteiger partial charge in [0.25, 0.3) is 5.91 Å². The summed E-state index contributed by atoms with van der Waals surface area (Å²) in [5.41, 5.74) is 1.26. The van der Waals surface area contributed by atoms with Gasteiger partial charge in [0.05, 0.1) is 11.4 Å². The number of carbonyl (C=O) groups is 2. The summed E-state index contributed by atoms with van der Waals surface area (Å²) in [4.78, 5) is 32.6. The SMILES string of the molecule is C=C(NC(C)C)c1nc(C(=O)NC(=C)c2nc(C(=O)C(C)C)cs2)co1. The molecule has 0 unspecified atom stereocenters. The van der Waals surface area contributed by atoms with Gasteiger partial charge >= 0.3 is 0 Å². The average molecular weight is 374 g/mol. The standard InChI is InChI=1S/C18H22N4O3S/c1-9(2)15(23)14-8-26-18(22-14)12(6)20-16(24)13-7-25-17(21-13)11(5)19-10(3)4/h7-10,19H,5-6H2,1-4H3,(H,20,24). The van der Waals surface area contributed by atoms with Crippen LogP contribution >= 0.6 is 11.3 Å². The van der Waals surface area contributed by atoms with Gasteiger partial charge < -0.3 is 15.1 Å². The summed E-state index contributed by atoms with van der Waals surface area (Å²) in [5.74, 6) is -0.430. The minimum Gasteiger partial charge on any atom is -0.443 e. The number of thiazole rings is 1. The van der Waals surface area contributed by atoms with Crippen molar-refractivity contribution in [3.05, 3.63) is 47.1 Å². The van der Waals surface area contributed by atoms with Gasteiger partial charge in [-0.05, 0) is 13.8 Å². The second-order valence-electron chi connectivity index (χ2n) is 6.31. The highest BCUT2D eigenvalue weighted by atomic mass is 32.1. The number of amides is 1. The Labute approximate surface area is 156 Å². The second kappa shape index (κ2) is 8.09. The minimum atomic E-state index is -0.478. The molecule has 0 aliphatic carbocycles. The van der Waals surface area contributed by atoms with E-state index in [4.69, 9.17) is 4.42 Å². The van der Waals surface area contributed by atoms with Gasteiger partial charge in [-0.2, -0.15) is 0 Å². The predicted molar refractivity (Wildman–Crippen MR) is 102 cm³/mol. The fourth-order valence-corrected chi connectivity index (χ4v) is 2.74. The van der Waals surface area contributed by atoms with Crippen LogP contribution in [0.25, 0.3) is 11.4 Å². The van der Waals surface area contributed by atoms with Gasteiger partial charge in [0.1, 0.15) is 17.0 Å². The molecule has 2 aromatic rings. The van der Waals surface area contributed by atoms with Gasteiger partial charge in [0.2, 0.25) is 5.89 Å². The van der Waals surface area contributed by atoms with Crippen molar-refractivity contribution in [1.82, 2.24) is 20.6 Å². The molecular weight excluding hydrogens is 352 g/mol. The zero-order valence-corrected chi connectivity index (χ0v) is 16.1. The maximum Gasteiger partial charge on any atom is 0.277 e. The van der Waals surface area contributed by atoms with Crippen molar-refractivity contribution in [2.45, 2.75) is 33.7 Å². The Morgan fingerprint density at radius 1 is 1.12 bits per heavy atom. The van der Waals surface area contributed by atoms with Gasteiger partial charge in [-0.1, -0.05) is 27.0 Å². The van der Waals surface area contributed by atoms with Gasteiger partial charge in [-0.3, -0.25) is 9.59 Å². The summed E-state index contributed by atoms with van der Waals surface area (Å²) >= 11 is 1.24. The van der Waals surface area contributed by atoms with E-state index in [1.807, 2.05) is 27.7 Å². The maximum absolute atomic E-state index is 12.3. The fraction of sp³-hybridized carbons (Fsp3) is 0.333.